The van der Waals surface area contributed by atoms with Crippen LogP contribution in [0.4, 0.5) is 0 Å². The lowest BCUT2D eigenvalue weighted by Crippen LogP contribution is -2.38. The van der Waals surface area contributed by atoms with Gasteiger partial charge in [0.15, 0.2) is 0 Å². The quantitative estimate of drug-likeness (QED) is 0.889. The van der Waals surface area contributed by atoms with Gasteiger partial charge in [-0.25, -0.2) is 12.7 Å². The molecule has 0 spiro atoms. The lowest BCUT2D eigenvalue weighted by atomic mass is 10.3. The van der Waals surface area contributed by atoms with E-state index >= 15 is 0 Å². The van der Waals surface area contributed by atoms with Crippen LogP contribution in [0.5, 0.6) is 0 Å². The van der Waals surface area contributed by atoms with Gasteiger partial charge in [-0.15, -0.1) is 0 Å². The van der Waals surface area contributed by atoms with Crippen LogP contribution in [-0.4, -0.2) is 59.2 Å². The van der Waals surface area contributed by atoms with Gasteiger partial charge in [0, 0.05) is 26.2 Å². The molecular formula is C13H22N4O2S. The Bertz CT molecular complexity index is 563. The number of aromatic nitrogens is 2. The summed E-state index contributed by atoms with van der Waals surface area (Å²) >= 11 is 0. The Morgan fingerprint density at radius 3 is 2.75 bits per heavy atom. The summed E-state index contributed by atoms with van der Waals surface area (Å²) in [5.41, 5.74) is 2.22. The highest BCUT2D eigenvalue weighted by atomic mass is 32.2. The van der Waals surface area contributed by atoms with Gasteiger partial charge in [-0.1, -0.05) is 0 Å². The molecule has 0 aromatic carbocycles. The summed E-state index contributed by atoms with van der Waals surface area (Å²) in [4.78, 5) is 2.21. The number of likely N-dealkylation sites (tertiary alicyclic amines) is 1. The number of nitrogens with one attached hydrogen (secondary N) is 1. The Kier molecular flexibility index (Phi) is 3.83. The van der Waals surface area contributed by atoms with Gasteiger partial charge in [-0.3, -0.25) is 10.00 Å². The molecule has 0 saturated carbocycles. The second kappa shape index (κ2) is 5.46. The van der Waals surface area contributed by atoms with E-state index in [1.54, 1.807) is 4.31 Å². The number of sulfonamides is 1. The van der Waals surface area contributed by atoms with Crippen molar-refractivity contribution in [3.63, 3.8) is 0 Å². The van der Waals surface area contributed by atoms with Gasteiger partial charge in [0.05, 0.1) is 17.1 Å². The maximum atomic E-state index is 12.5. The molecule has 2 aliphatic rings. The standard InChI is InChI=1S/C13H22N4O2S/c1-11-8-14-15-13(11)10-16-7-4-12(9-16)20(18,19)17-5-2-3-6-17/h8,12H,2-7,9-10H2,1H3,(H,14,15). The summed E-state index contributed by atoms with van der Waals surface area (Å²) in [6, 6.07) is 0. The van der Waals surface area contributed by atoms with Crippen LogP contribution in [0.15, 0.2) is 6.20 Å². The third-order valence-corrected chi connectivity index (χ3v) is 6.70. The van der Waals surface area contributed by atoms with E-state index in [2.05, 4.69) is 15.1 Å². The predicted octanol–water partition coefficient (Wildman–Crippen LogP) is 0.718. The number of hydrogen-bond donors (Lipinski definition) is 1. The molecular weight excluding hydrogens is 276 g/mol. The molecule has 2 aliphatic heterocycles. The van der Waals surface area contributed by atoms with Crippen LogP contribution in [0.3, 0.4) is 0 Å². The second-order valence-electron chi connectivity index (χ2n) is 5.83. The van der Waals surface area contributed by atoms with E-state index < -0.39 is 10.0 Å². The fourth-order valence-corrected chi connectivity index (χ4v) is 5.09. The van der Waals surface area contributed by atoms with Crippen LogP contribution in [-0.2, 0) is 16.6 Å². The van der Waals surface area contributed by atoms with Crippen molar-refractivity contribution < 1.29 is 8.42 Å². The number of aryl methyl sites for hydroxylation is 1. The molecule has 0 radical (unpaired) electrons. The molecule has 2 fully saturated rings. The zero-order valence-corrected chi connectivity index (χ0v) is 12.7. The number of aromatic amines is 1. The maximum absolute atomic E-state index is 12.5. The number of rotatable bonds is 4. The Morgan fingerprint density at radius 2 is 2.10 bits per heavy atom. The number of H-pyrrole nitrogens is 1. The largest absolute Gasteiger partial charge is 0.296 e. The number of nitrogens with zero attached hydrogens (tertiary/aromatic N) is 3. The van der Waals surface area contributed by atoms with E-state index in [0.29, 0.717) is 19.6 Å². The van der Waals surface area contributed by atoms with Crippen LogP contribution >= 0.6 is 0 Å². The molecule has 112 valence electrons. The Morgan fingerprint density at radius 1 is 1.35 bits per heavy atom. The van der Waals surface area contributed by atoms with Gasteiger partial charge in [0.2, 0.25) is 10.0 Å². The first kappa shape index (κ1) is 14.0. The summed E-state index contributed by atoms with van der Waals surface area (Å²) in [6.07, 6.45) is 4.56. The van der Waals surface area contributed by atoms with Crippen molar-refractivity contribution in [1.29, 1.82) is 0 Å². The minimum atomic E-state index is -3.09. The summed E-state index contributed by atoms with van der Waals surface area (Å²) in [6.45, 7) is 5.68. The summed E-state index contributed by atoms with van der Waals surface area (Å²) in [5, 5.41) is 6.77. The first-order chi connectivity index (χ1) is 9.57. The van der Waals surface area contributed by atoms with E-state index in [0.717, 1.165) is 43.6 Å². The second-order valence-corrected chi connectivity index (χ2v) is 8.04. The lowest BCUT2D eigenvalue weighted by molar-refractivity contribution is 0.325. The first-order valence-electron chi connectivity index (χ1n) is 7.27. The highest BCUT2D eigenvalue weighted by Crippen LogP contribution is 2.24. The summed E-state index contributed by atoms with van der Waals surface area (Å²) in [5.74, 6) is 0. The van der Waals surface area contributed by atoms with Gasteiger partial charge in [-0.2, -0.15) is 5.10 Å². The van der Waals surface area contributed by atoms with Crippen LogP contribution in [0, 0.1) is 6.92 Å². The van der Waals surface area contributed by atoms with Gasteiger partial charge in [0.1, 0.15) is 0 Å². The fourth-order valence-electron chi connectivity index (χ4n) is 3.09. The fraction of sp³-hybridized carbons (Fsp3) is 0.769. The zero-order chi connectivity index (χ0) is 14.2. The molecule has 1 aromatic rings. The van der Waals surface area contributed by atoms with E-state index in [9.17, 15) is 8.42 Å². The zero-order valence-electron chi connectivity index (χ0n) is 11.9. The molecule has 1 unspecified atom stereocenters. The molecule has 0 amide bonds. The van der Waals surface area contributed by atoms with Gasteiger partial charge in [-0.05, 0) is 38.3 Å². The van der Waals surface area contributed by atoms with Crippen molar-refractivity contribution in [3.05, 3.63) is 17.5 Å². The van der Waals surface area contributed by atoms with Gasteiger partial charge < -0.3 is 0 Å². The van der Waals surface area contributed by atoms with Gasteiger partial charge >= 0.3 is 0 Å². The normalized spacial score (nSPS) is 25.6. The molecule has 7 heteroatoms. The minimum absolute atomic E-state index is 0.233. The van der Waals surface area contributed by atoms with Crippen LogP contribution in [0.2, 0.25) is 0 Å². The highest BCUT2D eigenvalue weighted by Gasteiger charge is 2.38. The van der Waals surface area contributed by atoms with Crippen molar-refractivity contribution in [2.24, 2.45) is 0 Å². The topological polar surface area (TPSA) is 69.3 Å². The van der Waals surface area contributed by atoms with Crippen molar-refractivity contribution in [3.8, 4) is 0 Å². The van der Waals surface area contributed by atoms with Crippen molar-refractivity contribution in [2.75, 3.05) is 26.2 Å². The van der Waals surface area contributed by atoms with Crippen molar-refractivity contribution in [2.45, 2.75) is 38.0 Å². The Balaban J connectivity index is 1.63. The lowest BCUT2D eigenvalue weighted by Gasteiger charge is -2.21. The van der Waals surface area contributed by atoms with Crippen molar-refractivity contribution in [1.82, 2.24) is 19.4 Å². The molecule has 6 nitrogen and oxygen atoms in total. The number of hydrogen-bond acceptors (Lipinski definition) is 4. The predicted molar refractivity (Wildman–Crippen MR) is 76.7 cm³/mol. The van der Waals surface area contributed by atoms with E-state index in [4.69, 9.17) is 0 Å². The summed E-state index contributed by atoms with van der Waals surface area (Å²) < 4.78 is 26.7. The molecule has 1 atom stereocenters. The molecule has 0 aliphatic carbocycles. The van der Waals surface area contributed by atoms with Crippen LogP contribution in [0.1, 0.15) is 30.5 Å². The van der Waals surface area contributed by atoms with E-state index in [-0.39, 0.29) is 5.25 Å². The van der Waals surface area contributed by atoms with Crippen LogP contribution < -0.4 is 0 Å². The van der Waals surface area contributed by atoms with Crippen molar-refractivity contribution >= 4 is 10.0 Å². The average molecular weight is 298 g/mol. The maximum Gasteiger partial charge on any atom is 0.218 e. The third kappa shape index (κ3) is 2.62. The molecule has 1 aromatic heterocycles. The third-order valence-electron chi connectivity index (χ3n) is 4.39. The smallest absolute Gasteiger partial charge is 0.218 e. The van der Waals surface area contributed by atoms with E-state index in [1.165, 1.54) is 0 Å². The minimum Gasteiger partial charge on any atom is -0.296 e. The molecule has 3 heterocycles. The molecule has 1 N–H and O–H groups in total. The molecule has 0 bridgehead atoms. The monoisotopic (exact) mass is 298 g/mol. The SMILES string of the molecule is Cc1cn[nH]c1CN1CCC(S(=O)(=O)N2CCCC2)C1. The average Bonchev–Trinajstić information content (AvgIpc) is 3.13. The molecule has 3 rings (SSSR count). The van der Waals surface area contributed by atoms with E-state index in [1.807, 2.05) is 13.1 Å². The van der Waals surface area contributed by atoms with Gasteiger partial charge in [0.25, 0.3) is 0 Å². The highest BCUT2D eigenvalue weighted by molar-refractivity contribution is 7.89. The van der Waals surface area contributed by atoms with Crippen LogP contribution in [0.25, 0.3) is 0 Å². The Hall–Kier alpha value is -0.920. The molecule has 20 heavy (non-hydrogen) atoms. The summed E-state index contributed by atoms with van der Waals surface area (Å²) in [7, 11) is -3.09. The molecule has 2 saturated heterocycles. The first-order valence-corrected chi connectivity index (χ1v) is 8.78. The Labute approximate surface area is 120 Å².